The van der Waals surface area contributed by atoms with Gasteiger partial charge in [0, 0.05) is 10.7 Å². The molecule has 1 N–H and O–H groups in total. The maximum atomic E-state index is 11.8. The number of benzene rings is 2. The topological polar surface area (TPSA) is 38.3 Å². The van der Waals surface area contributed by atoms with Crippen molar-refractivity contribution in [3.63, 3.8) is 0 Å². The molecular formula is C16H16ClNO2. The second-order valence-electron chi connectivity index (χ2n) is 4.42. The Kier molecular flexibility index (Phi) is 5.02. The molecule has 0 heterocycles. The van der Waals surface area contributed by atoms with Gasteiger partial charge in [0.25, 0.3) is 0 Å². The molecule has 104 valence electrons. The van der Waals surface area contributed by atoms with Gasteiger partial charge in [-0.25, -0.2) is 0 Å². The zero-order valence-corrected chi connectivity index (χ0v) is 12.0. The second-order valence-corrected chi connectivity index (χ2v) is 4.85. The summed E-state index contributed by atoms with van der Waals surface area (Å²) < 4.78 is 5.48. The van der Waals surface area contributed by atoms with Crippen LogP contribution in [0.5, 0.6) is 5.75 Å². The molecule has 0 spiro atoms. The average Bonchev–Trinajstić information content (AvgIpc) is 2.44. The van der Waals surface area contributed by atoms with Crippen molar-refractivity contribution >= 4 is 23.2 Å². The number of carbonyl (C=O) groups is 1. The molecule has 1 amide bonds. The maximum absolute atomic E-state index is 11.8. The summed E-state index contributed by atoms with van der Waals surface area (Å²) in [7, 11) is 0. The highest BCUT2D eigenvalue weighted by atomic mass is 35.5. The molecule has 0 atom stereocenters. The minimum atomic E-state index is -0.0618. The molecule has 0 unspecified atom stereocenters. The number of hydrogen-bond acceptors (Lipinski definition) is 2. The fourth-order valence-electron chi connectivity index (χ4n) is 1.72. The Balaban J connectivity index is 1.78. The monoisotopic (exact) mass is 289 g/mol. The summed E-state index contributed by atoms with van der Waals surface area (Å²) >= 11 is 5.78. The lowest BCUT2D eigenvalue weighted by molar-refractivity contribution is -0.116. The Labute approximate surface area is 123 Å². The van der Waals surface area contributed by atoms with E-state index in [9.17, 15) is 4.79 Å². The highest BCUT2D eigenvalue weighted by molar-refractivity contribution is 6.30. The van der Waals surface area contributed by atoms with E-state index in [1.165, 1.54) is 0 Å². The normalized spacial score (nSPS) is 10.1. The van der Waals surface area contributed by atoms with Gasteiger partial charge in [0.1, 0.15) is 5.75 Å². The Morgan fingerprint density at radius 2 is 1.85 bits per heavy atom. The van der Waals surface area contributed by atoms with Gasteiger partial charge < -0.3 is 10.1 Å². The molecule has 0 radical (unpaired) electrons. The number of amides is 1. The van der Waals surface area contributed by atoms with Crippen LogP contribution in [0.3, 0.4) is 0 Å². The van der Waals surface area contributed by atoms with Crippen LogP contribution < -0.4 is 10.1 Å². The lowest BCUT2D eigenvalue weighted by atomic mass is 10.2. The molecule has 20 heavy (non-hydrogen) atoms. The summed E-state index contributed by atoms with van der Waals surface area (Å²) in [6.45, 7) is 2.29. The highest BCUT2D eigenvalue weighted by Crippen LogP contribution is 2.16. The number of nitrogens with one attached hydrogen (secondary N) is 1. The number of halogens is 1. The number of anilines is 1. The lowest BCUT2D eigenvalue weighted by Gasteiger charge is -2.09. The van der Waals surface area contributed by atoms with E-state index in [1.807, 2.05) is 31.2 Å². The minimum absolute atomic E-state index is 0.0618. The molecule has 4 heteroatoms. The van der Waals surface area contributed by atoms with Gasteiger partial charge in [-0.3, -0.25) is 4.79 Å². The van der Waals surface area contributed by atoms with Crippen molar-refractivity contribution in [2.24, 2.45) is 0 Å². The van der Waals surface area contributed by atoms with Gasteiger partial charge in [0.05, 0.1) is 13.0 Å². The SMILES string of the molecule is Cc1ccccc1NC(=O)CCOc1ccc(Cl)cc1. The summed E-state index contributed by atoms with van der Waals surface area (Å²) in [5.74, 6) is 0.645. The Morgan fingerprint density at radius 3 is 2.55 bits per heavy atom. The third-order valence-electron chi connectivity index (χ3n) is 2.83. The first kappa shape index (κ1) is 14.4. The molecule has 0 fully saturated rings. The zero-order chi connectivity index (χ0) is 14.4. The van der Waals surface area contributed by atoms with Crippen LogP contribution in [0.1, 0.15) is 12.0 Å². The van der Waals surface area contributed by atoms with Crippen molar-refractivity contribution in [3.05, 3.63) is 59.1 Å². The summed E-state index contributed by atoms with van der Waals surface area (Å²) in [4.78, 5) is 11.8. The van der Waals surface area contributed by atoms with Crippen LogP contribution in [0.4, 0.5) is 5.69 Å². The molecular weight excluding hydrogens is 274 g/mol. The molecule has 0 aromatic heterocycles. The van der Waals surface area contributed by atoms with E-state index in [-0.39, 0.29) is 5.91 Å². The van der Waals surface area contributed by atoms with Crippen LogP contribution in [0, 0.1) is 6.92 Å². The number of ether oxygens (including phenoxy) is 1. The first-order valence-corrected chi connectivity index (χ1v) is 6.77. The van der Waals surface area contributed by atoms with Crippen molar-refractivity contribution < 1.29 is 9.53 Å². The van der Waals surface area contributed by atoms with Crippen LogP contribution in [0.2, 0.25) is 5.02 Å². The smallest absolute Gasteiger partial charge is 0.227 e. The molecule has 0 saturated heterocycles. The predicted molar refractivity (Wildman–Crippen MR) is 81.4 cm³/mol. The third kappa shape index (κ3) is 4.28. The van der Waals surface area contributed by atoms with E-state index in [2.05, 4.69) is 5.32 Å². The minimum Gasteiger partial charge on any atom is -0.493 e. The van der Waals surface area contributed by atoms with Gasteiger partial charge in [0.15, 0.2) is 0 Å². The lowest BCUT2D eigenvalue weighted by Crippen LogP contribution is -2.15. The van der Waals surface area contributed by atoms with Gasteiger partial charge in [-0.1, -0.05) is 29.8 Å². The second kappa shape index (κ2) is 6.96. The average molecular weight is 290 g/mol. The molecule has 0 saturated carbocycles. The number of rotatable bonds is 5. The largest absolute Gasteiger partial charge is 0.493 e. The summed E-state index contributed by atoms with van der Waals surface area (Å²) in [6, 6.07) is 14.7. The maximum Gasteiger partial charge on any atom is 0.227 e. The quantitative estimate of drug-likeness (QED) is 0.901. The van der Waals surface area contributed by atoms with Crippen molar-refractivity contribution in [1.82, 2.24) is 0 Å². The van der Waals surface area contributed by atoms with E-state index in [4.69, 9.17) is 16.3 Å². The Bertz CT molecular complexity index is 581. The molecule has 2 rings (SSSR count). The van der Waals surface area contributed by atoms with E-state index in [0.29, 0.717) is 23.8 Å². The van der Waals surface area contributed by atoms with Gasteiger partial charge in [-0.15, -0.1) is 0 Å². The van der Waals surface area contributed by atoms with Gasteiger partial charge in [-0.05, 0) is 42.8 Å². The van der Waals surface area contributed by atoms with Crippen molar-refractivity contribution in [2.45, 2.75) is 13.3 Å². The molecule has 3 nitrogen and oxygen atoms in total. The van der Waals surface area contributed by atoms with Crippen LogP contribution in [0.25, 0.3) is 0 Å². The fraction of sp³-hybridized carbons (Fsp3) is 0.188. The summed E-state index contributed by atoms with van der Waals surface area (Å²) in [5.41, 5.74) is 1.88. The Morgan fingerprint density at radius 1 is 1.15 bits per heavy atom. The van der Waals surface area contributed by atoms with Crippen LogP contribution >= 0.6 is 11.6 Å². The molecule has 2 aromatic carbocycles. The fourth-order valence-corrected chi connectivity index (χ4v) is 1.84. The van der Waals surface area contributed by atoms with Gasteiger partial charge in [-0.2, -0.15) is 0 Å². The van der Waals surface area contributed by atoms with Crippen LogP contribution in [-0.4, -0.2) is 12.5 Å². The third-order valence-corrected chi connectivity index (χ3v) is 3.08. The Hall–Kier alpha value is -2.00. The molecule has 0 aliphatic rings. The van der Waals surface area contributed by atoms with Gasteiger partial charge in [0.2, 0.25) is 5.91 Å². The predicted octanol–water partition coefficient (Wildman–Crippen LogP) is 4.06. The van der Waals surface area contributed by atoms with Crippen molar-refractivity contribution in [2.75, 3.05) is 11.9 Å². The van der Waals surface area contributed by atoms with Crippen LogP contribution in [-0.2, 0) is 4.79 Å². The molecule has 0 aliphatic heterocycles. The first-order chi connectivity index (χ1) is 9.65. The van der Waals surface area contributed by atoms with Crippen LogP contribution in [0.15, 0.2) is 48.5 Å². The summed E-state index contributed by atoms with van der Waals surface area (Å²) in [5, 5.41) is 3.53. The highest BCUT2D eigenvalue weighted by Gasteiger charge is 2.04. The zero-order valence-electron chi connectivity index (χ0n) is 11.2. The first-order valence-electron chi connectivity index (χ1n) is 6.39. The van der Waals surface area contributed by atoms with E-state index >= 15 is 0 Å². The number of aryl methyl sites for hydroxylation is 1. The molecule has 0 bridgehead atoms. The summed E-state index contributed by atoms with van der Waals surface area (Å²) in [6.07, 6.45) is 0.303. The van der Waals surface area contributed by atoms with E-state index < -0.39 is 0 Å². The number of para-hydroxylation sites is 1. The van der Waals surface area contributed by atoms with Crippen molar-refractivity contribution in [3.8, 4) is 5.75 Å². The van der Waals surface area contributed by atoms with Crippen molar-refractivity contribution in [1.29, 1.82) is 0 Å². The van der Waals surface area contributed by atoms with E-state index in [1.54, 1.807) is 24.3 Å². The standard InChI is InChI=1S/C16H16ClNO2/c1-12-4-2-3-5-15(12)18-16(19)10-11-20-14-8-6-13(17)7-9-14/h2-9H,10-11H2,1H3,(H,18,19). The molecule has 0 aliphatic carbocycles. The molecule has 2 aromatic rings. The van der Waals surface area contributed by atoms with E-state index in [0.717, 1.165) is 11.3 Å². The number of carbonyl (C=O) groups excluding carboxylic acids is 1. The number of hydrogen-bond donors (Lipinski definition) is 1. The van der Waals surface area contributed by atoms with Gasteiger partial charge >= 0.3 is 0 Å².